The Kier molecular flexibility index (Phi) is 3.41. The van der Waals surface area contributed by atoms with Crippen LogP contribution in [0.4, 0.5) is 5.69 Å². The average Bonchev–Trinajstić information content (AvgIpc) is 2.56. The van der Waals surface area contributed by atoms with Crippen LogP contribution in [0.25, 0.3) is 0 Å². The van der Waals surface area contributed by atoms with Crippen molar-refractivity contribution >= 4 is 33.5 Å². The summed E-state index contributed by atoms with van der Waals surface area (Å²) in [6, 6.07) is 3.21. The molecule has 18 heavy (non-hydrogen) atoms. The molecule has 1 atom stereocenters. The highest BCUT2D eigenvalue weighted by atomic mass is 79.9. The van der Waals surface area contributed by atoms with Crippen molar-refractivity contribution in [2.24, 2.45) is 0 Å². The highest BCUT2D eigenvalue weighted by molar-refractivity contribution is 9.10. The summed E-state index contributed by atoms with van der Waals surface area (Å²) < 4.78 is 0.647. The third-order valence-corrected chi connectivity index (χ3v) is 3.33. The molecule has 1 saturated heterocycles. The van der Waals surface area contributed by atoms with E-state index in [-0.39, 0.29) is 24.4 Å². The van der Waals surface area contributed by atoms with Crippen LogP contribution < -0.4 is 4.90 Å². The van der Waals surface area contributed by atoms with Crippen molar-refractivity contribution in [2.75, 3.05) is 11.4 Å². The van der Waals surface area contributed by atoms with E-state index >= 15 is 0 Å². The molecule has 0 spiro atoms. The summed E-state index contributed by atoms with van der Waals surface area (Å²) >= 11 is 3.23. The first-order valence-electron chi connectivity index (χ1n) is 5.42. The van der Waals surface area contributed by atoms with Crippen molar-refractivity contribution in [1.29, 1.82) is 0 Å². The lowest BCUT2D eigenvalue weighted by Gasteiger charge is -2.21. The zero-order chi connectivity index (χ0) is 13.4. The number of nitrogens with zero attached hydrogens (tertiary/aromatic N) is 1. The van der Waals surface area contributed by atoms with Crippen LogP contribution in [-0.2, 0) is 4.79 Å². The number of hydrogen-bond acceptors (Lipinski definition) is 3. The molecule has 6 heteroatoms. The van der Waals surface area contributed by atoms with Gasteiger partial charge in [0.25, 0.3) is 0 Å². The third kappa shape index (κ3) is 2.26. The van der Waals surface area contributed by atoms with E-state index < -0.39 is 12.1 Å². The first kappa shape index (κ1) is 13.0. The van der Waals surface area contributed by atoms with Gasteiger partial charge in [-0.05, 0) is 24.6 Å². The van der Waals surface area contributed by atoms with Crippen LogP contribution in [0, 0.1) is 6.92 Å². The number of rotatable bonds is 2. The van der Waals surface area contributed by atoms with E-state index in [9.17, 15) is 19.8 Å². The second kappa shape index (κ2) is 4.70. The molecule has 1 unspecified atom stereocenters. The lowest BCUT2D eigenvalue weighted by atomic mass is 10.1. The fourth-order valence-electron chi connectivity index (χ4n) is 2.16. The molecule has 1 aromatic rings. The minimum absolute atomic E-state index is 0.0363. The smallest absolute Gasteiger partial charge is 0.337 e. The number of β-amino-alcohol motifs (C(OH)–C–C–N with tert-alkyl or cyclic N) is 1. The van der Waals surface area contributed by atoms with Gasteiger partial charge in [-0.1, -0.05) is 15.9 Å². The Bertz CT molecular complexity index is 529. The summed E-state index contributed by atoms with van der Waals surface area (Å²) in [7, 11) is 0. The van der Waals surface area contributed by atoms with Crippen molar-refractivity contribution in [3.05, 3.63) is 27.7 Å². The Hall–Kier alpha value is -1.40. The first-order valence-corrected chi connectivity index (χ1v) is 6.21. The van der Waals surface area contributed by atoms with Crippen molar-refractivity contribution in [1.82, 2.24) is 0 Å². The summed E-state index contributed by atoms with van der Waals surface area (Å²) in [6.45, 7) is 1.88. The van der Waals surface area contributed by atoms with Gasteiger partial charge < -0.3 is 15.1 Å². The van der Waals surface area contributed by atoms with Crippen molar-refractivity contribution in [3.8, 4) is 0 Å². The maximum atomic E-state index is 11.8. The van der Waals surface area contributed by atoms with Crippen LogP contribution in [0.1, 0.15) is 22.3 Å². The van der Waals surface area contributed by atoms with Gasteiger partial charge in [-0.3, -0.25) is 4.79 Å². The van der Waals surface area contributed by atoms with E-state index in [1.165, 1.54) is 11.0 Å². The Morgan fingerprint density at radius 2 is 2.17 bits per heavy atom. The SMILES string of the molecule is Cc1cc(Br)cc(C(=O)O)c1N1CC(O)CC1=O. The number of amides is 1. The number of anilines is 1. The number of carboxylic acids is 1. The Morgan fingerprint density at radius 1 is 1.50 bits per heavy atom. The van der Waals surface area contributed by atoms with Crippen LogP contribution in [0.15, 0.2) is 16.6 Å². The van der Waals surface area contributed by atoms with E-state index in [0.717, 1.165) is 0 Å². The number of aliphatic hydroxyl groups is 1. The van der Waals surface area contributed by atoms with Crippen LogP contribution in [0.2, 0.25) is 0 Å². The molecule has 1 aromatic carbocycles. The molecule has 5 nitrogen and oxygen atoms in total. The van der Waals surface area contributed by atoms with Crippen molar-refractivity contribution in [3.63, 3.8) is 0 Å². The largest absolute Gasteiger partial charge is 0.478 e. The minimum Gasteiger partial charge on any atom is -0.478 e. The number of aliphatic hydroxyl groups excluding tert-OH is 1. The molecule has 2 rings (SSSR count). The lowest BCUT2D eigenvalue weighted by Crippen LogP contribution is -2.28. The first-order chi connectivity index (χ1) is 8.40. The van der Waals surface area contributed by atoms with Gasteiger partial charge in [-0.15, -0.1) is 0 Å². The molecule has 1 fully saturated rings. The quantitative estimate of drug-likeness (QED) is 0.868. The standard InChI is InChI=1S/C12H12BrNO4/c1-6-2-7(13)3-9(12(17)18)11(6)14-5-8(15)4-10(14)16/h2-3,8,15H,4-5H2,1H3,(H,17,18). The van der Waals surface area contributed by atoms with Crippen LogP contribution >= 0.6 is 15.9 Å². The van der Waals surface area contributed by atoms with Crippen LogP contribution in [0.5, 0.6) is 0 Å². The molecule has 0 radical (unpaired) electrons. The number of carbonyl (C=O) groups excluding carboxylic acids is 1. The van der Waals surface area contributed by atoms with E-state index in [1.807, 2.05) is 0 Å². The summed E-state index contributed by atoms with van der Waals surface area (Å²) in [4.78, 5) is 24.4. The zero-order valence-electron chi connectivity index (χ0n) is 9.68. The van der Waals surface area contributed by atoms with E-state index in [0.29, 0.717) is 15.7 Å². The van der Waals surface area contributed by atoms with Gasteiger partial charge in [-0.2, -0.15) is 0 Å². The van der Waals surface area contributed by atoms with Gasteiger partial charge in [-0.25, -0.2) is 4.79 Å². The average molecular weight is 314 g/mol. The zero-order valence-corrected chi connectivity index (χ0v) is 11.3. The Labute approximate surface area is 112 Å². The summed E-state index contributed by atoms with van der Waals surface area (Å²) in [5, 5.41) is 18.7. The van der Waals surface area contributed by atoms with Gasteiger partial charge in [0.05, 0.1) is 30.3 Å². The maximum absolute atomic E-state index is 11.8. The monoisotopic (exact) mass is 313 g/mol. The van der Waals surface area contributed by atoms with Gasteiger partial charge in [0.15, 0.2) is 0 Å². The molecule has 1 amide bonds. The predicted molar refractivity (Wildman–Crippen MR) is 68.8 cm³/mol. The number of carboxylic acid groups (broad SMARTS) is 1. The Morgan fingerprint density at radius 3 is 2.67 bits per heavy atom. The Balaban J connectivity index is 2.56. The molecule has 0 bridgehead atoms. The molecule has 1 aliphatic heterocycles. The number of carbonyl (C=O) groups is 2. The van der Waals surface area contributed by atoms with E-state index in [1.54, 1.807) is 13.0 Å². The molecule has 1 heterocycles. The second-order valence-corrected chi connectivity index (χ2v) is 5.20. The van der Waals surface area contributed by atoms with E-state index in [4.69, 9.17) is 0 Å². The second-order valence-electron chi connectivity index (χ2n) is 4.29. The highest BCUT2D eigenvalue weighted by Gasteiger charge is 2.32. The van der Waals surface area contributed by atoms with Gasteiger partial charge >= 0.3 is 5.97 Å². The summed E-state index contributed by atoms with van der Waals surface area (Å²) in [6.07, 6.45) is -0.698. The van der Waals surface area contributed by atoms with Gasteiger partial charge in [0.2, 0.25) is 5.91 Å². The number of aromatic carboxylic acids is 1. The number of benzene rings is 1. The molecule has 96 valence electrons. The van der Waals surface area contributed by atoms with Gasteiger partial charge in [0, 0.05) is 4.47 Å². The highest BCUT2D eigenvalue weighted by Crippen LogP contribution is 2.32. The molecule has 0 aliphatic carbocycles. The number of aryl methyl sites for hydroxylation is 1. The van der Waals surface area contributed by atoms with Crippen molar-refractivity contribution < 1.29 is 19.8 Å². The topological polar surface area (TPSA) is 77.8 Å². The molecule has 0 aromatic heterocycles. The molecular weight excluding hydrogens is 302 g/mol. The maximum Gasteiger partial charge on any atom is 0.337 e. The summed E-state index contributed by atoms with van der Waals surface area (Å²) in [5.74, 6) is -1.35. The lowest BCUT2D eigenvalue weighted by molar-refractivity contribution is -0.117. The summed E-state index contributed by atoms with van der Waals surface area (Å²) in [5.41, 5.74) is 1.11. The van der Waals surface area contributed by atoms with Crippen LogP contribution in [-0.4, -0.2) is 34.7 Å². The van der Waals surface area contributed by atoms with Gasteiger partial charge in [0.1, 0.15) is 0 Å². The van der Waals surface area contributed by atoms with E-state index in [2.05, 4.69) is 15.9 Å². The van der Waals surface area contributed by atoms with Crippen molar-refractivity contribution in [2.45, 2.75) is 19.4 Å². The molecule has 2 N–H and O–H groups in total. The van der Waals surface area contributed by atoms with Crippen LogP contribution in [0.3, 0.4) is 0 Å². The molecular formula is C12H12BrNO4. The molecule has 1 aliphatic rings. The molecule has 0 saturated carbocycles. The third-order valence-electron chi connectivity index (χ3n) is 2.87. The fraction of sp³-hybridized carbons (Fsp3) is 0.333. The number of hydrogen-bond donors (Lipinski definition) is 2. The minimum atomic E-state index is -1.09. The fourth-order valence-corrected chi connectivity index (χ4v) is 2.73. The number of halogens is 1. The normalized spacial score (nSPS) is 19.4. The predicted octanol–water partition coefficient (Wildman–Crippen LogP) is 1.55.